The zero-order valence-corrected chi connectivity index (χ0v) is 13.1. The van der Waals surface area contributed by atoms with Crippen LogP contribution in [0.3, 0.4) is 0 Å². The molecule has 3 heterocycles. The van der Waals surface area contributed by atoms with Gasteiger partial charge in [-0.2, -0.15) is 0 Å². The van der Waals surface area contributed by atoms with Crippen LogP contribution in [0.1, 0.15) is 17.0 Å². The van der Waals surface area contributed by atoms with E-state index in [2.05, 4.69) is 65.6 Å². The molecule has 0 fully saturated rings. The first-order valence-electron chi connectivity index (χ1n) is 7.49. The molecule has 1 aromatic heterocycles. The Morgan fingerprint density at radius 3 is 2.86 bits per heavy atom. The van der Waals surface area contributed by atoms with E-state index in [0.717, 1.165) is 5.75 Å². The lowest BCUT2D eigenvalue weighted by molar-refractivity contribution is 0.324. The molecule has 0 amide bonds. The Balaban J connectivity index is 1.86. The lowest BCUT2D eigenvalue weighted by atomic mass is 9.83. The van der Waals surface area contributed by atoms with Gasteiger partial charge in [-0.15, -0.1) is 0 Å². The predicted molar refractivity (Wildman–Crippen MR) is 90.6 cm³/mol. The topological polar surface area (TPSA) is 14.2 Å². The quantitative estimate of drug-likeness (QED) is 0.598. The summed E-state index contributed by atoms with van der Waals surface area (Å²) >= 11 is 1.82. The molecule has 0 aliphatic carbocycles. The number of benzene rings is 2. The van der Waals surface area contributed by atoms with Gasteiger partial charge in [0.2, 0.25) is 0 Å². The van der Waals surface area contributed by atoms with Gasteiger partial charge in [-0.25, -0.2) is 0 Å². The summed E-state index contributed by atoms with van der Waals surface area (Å²) in [5, 5.41) is 4.99. The van der Waals surface area contributed by atoms with E-state index in [-0.39, 0.29) is 0 Å². The fraction of sp³-hybridized carbons (Fsp3) is 0.158. The first-order chi connectivity index (χ1) is 10.8. The number of aryl methyl sites for hydroxylation is 1. The molecule has 2 aliphatic rings. The van der Waals surface area contributed by atoms with Gasteiger partial charge in [0.05, 0.1) is 5.03 Å². The normalized spacial score (nSPS) is 19.0. The van der Waals surface area contributed by atoms with E-state index in [0.29, 0.717) is 12.5 Å². The van der Waals surface area contributed by atoms with E-state index >= 15 is 0 Å². The minimum atomic E-state index is 0.326. The second-order valence-electron chi connectivity index (χ2n) is 5.87. The van der Waals surface area contributed by atoms with Gasteiger partial charge in [-0.05, 0) is 23.1 Å². The van der Waals surface area contributed by atoms with Crippen LogP contribution in [-0.2, 0) is 7.05 Å². The molecule has 0 spiro atoms. The minimum Gasteiger partial charge on any atom is -0.489 e. The molecule has 2 aliphatic heterocycles. The molecule has 0 N–H and O–H groups in total. The molecule has 5 rings (SSSR count). The molecular weight excluding hydrogens is 290 g/mol. The standard InChI is InChI=1S/C19H15NOS/c1-20-15-8-4-2-6-13(15)18-17-12(11-22-19(18)20)10-21-16-9-5-3-7-14(16)17/h2-9,11,17H,10H2,1H3. The molecule has 0 bridgehead atoms. The van der Waals surface area contributed by atoms with Gasteiger partial charge in [0.15, 0.2) is 0 Å². The molecule has 0 saturated heterocycles. The summed E-state index contributed by atoms with van der Waals surface area (Å²) in [5.74, 6) is 1.35. The van der Waals surface area contributed by atoms with E-state index in [4.69, 9.17) is 4.74 Å². The molecule has 0 radical (unpaired) electrons. The average Bonchev–Trinajstić information content (AvgIpc) is 2.88. The third kappa shape index (κ3) is 1.52. The van der Waals surface area contributed by atoms with Crippen LogP contribution in [0, 0.1) is 0 Å². The maximum atomic E-state index is 5.94. The van der Waals surface area contributed by atoms with E-state index in [1.54, 1.807) is 0 Å². The maximum absolute atomic E-state index is 5.94. The zero-order valence-electron chi connectivity index (χ0n) is 12.2. The van der Waals surface area contributed by atoms with E-state index < -0.39 is 0 Å². The number of aromatic nitrogens is 1. The van der Waals surface area contributed by atoms with Crippen molar-refractivity contribution in [2.45, 2.75) is 10.9 Å². The van der Waals surface area contributed by atoms with Gasteiger partial charge >= 0.3 is 0 Å². The summed E-state index contributed by atoms with van der Waals surface area (Å²) in [6.45, 7) is 0.692. The number of ether oxygens (including phenoxy) is 1. The van der Waals surface area contributed by atoms with Crippen molar-refractivity contribution in [1.82, 2.24) is 4.57 Å². The molecule has 3 aromatic rings. The molecule has 1 unspecified atom stereocenters. The molecule has 2 aromatic carbocycles. The summed E-state index contributed by atoms with van der Waals surface area (Å²) in [5.41, 5.74) is 5.40. The van der Waals surface area contributed by atoms with Crippen LogP contribution in [0.5, 0.6) is 5.75 Å². The number of nitrogens with zero attached hydrogens (tertiary/aromatic N) is 1. The SMILES string of the molecule is Cn1c2c(c3ccccc31)C1C(=CS2)COc2ccccc21. The summed E-state index contributed by atoms with van der Waals surface area (Å²) in [4.78, 5) is 0. The fourth-order valence-corrected chi connectivity index (χ4v) is 4.77. The monoisotopic (exact) mass is 305 g/mol. The van der Waals surface area contributed by atoms with Crippen LogP contribution in [0.15, 0.2) is 64.5 Å². The third-order valence-corrected chi connectivity index (χ3v) is 5.83. The van der Waals surface area contributed by atoms with Crippen molar-refractivity contribution in [3.63, 3.8) is 0 Å². The Bertz CT molecular complexity index is 938. The Hall–Kier alpha value is -2.13. The van der Waals surface area contributed by atoms with E-state index in [1.807, 2.05) is 11.8 Å². The molecule has 108 valence electrons. The number of fused-ring (bicyclic) bond motifs is 7. The molecule has 1 atom stereocenters. The smallest absolute Gasteiger partial charge is 0.123 e. The highest BCUT2D eigenvalue weighted by Crippen LogP contribution is 2.51. The van der Waals surface area contributed by atoms with Crippen LogP contribution in [0.25, 0.3) is 10.9 Å². The summed E-state index contributed by atoms with van der Waals surface area (Å²) in [6, 6.07) is 17.1. The second-order valence-corrected chi connectivity index (χ2v) is 6.72. The zero-order chi connectivity index (χ0) is 14.7. The van der Waals surface area contributed by atoms with Crippen molar-refractivity contribution < 1.29 is 4.74 Å². The first kappa shape index (κ1) is 12.4. The van der Waals surface area contributed by atoms with Gasteiger partial charge in [-0.1, -0.05) is 48.2 Å². The Morgan fingerprint density at radius 1 is 1.09 bits per heavy atom. The number of para-hydroxylation sites is 2. The molecular formula is C19H15NOS. The largest absolute Gasteiger partial charge is 0.489 e. The van der Waals surface area contributed by atoms with Crippen molar-refractivity contribution in [3.8, 4) is 5.75 Å². The van der Waals surface area contributed by atoms with Crippen LogP contribution in [-0.4, -0.2) is 11.2 Å². The lowest BCUT2D eigenvalue weighted by Crippen LogP contribution is -2.20. The molecule has 2 nitrogen and oxygen atoms in total. The van der Waals surface area contributed by atoms with Gasteiger partial charge in [0, 0.05) is 35.0 Å². The third-order valence-electron chi connectivity index (χ3n) is 4.70. The summed E-state index contributed by atoms with van der Waals surface area (Å²) in [6.07, 6.45) is 0. The predicted octanol–water partition coefficient (Wildman–Crippen LogP) is 4.69. The van der Waals surface area contributed by atoms with Gasteiger partial charge in [0.1, 0.15) is 12.4 Å². The van der Waals surface area contributed by atoms with E-state index in [1.165, 1.54) is 32.6 Å². The summed E-state index contributed by atoms with van der Waals surface area (Å²) in [7, 11) is 2.16. The second kappa shape index (κ2) is 4.43. The molecule has 0 saturated carbocycles. The number of hydrogen-bond acceptors (Lipinski definition) is 2. The minimum absolute atomic E-state index is 0.326. The highest BCUT2D eigenvalue weighted by molar-refractivity contribution is 8.02. The van der Waals surface area contributed by atoms with Crippen LogP contribution >= 0.6 is 11.8 Å². The average molecular weight is 305 g/mol. The lowest BCUT2D eigenvalue weighted by Gasteiger charge is -2.31. The highest BCUT2D eigenvalue weighted by Gasteiger charge is 2.34. The highest BCUT2D eigenvalue weighted by atomic mass is 32.2. The number of hydrogen-bond donors (Lipinski definition) is 0. The van der Waals surface area contributed by atoms with Gasteiger partial charge in [-0.3, -0.25) is 0 Å². The maximum Gasteiger partial charge on any atom is 0.123 e. The fourth-order valence-electron chi connectivity index (χ4n) is 3.69. The first-order valence-corrected chi connectivity index (χ1v) is 8.37. The van der Waals surface area contributed by atoms with Crippen molar-refractivity contribution in [2.75, 3.05) is 6.61 Å². The van der Waals surface area contributed by atoms with Crippen LogP contribution in [0.2, 0.25) is 0 Å². The van der Waals surface area contributed by atoms with Crippen molar-refractivity contribution in [1.29, 1.82) is 0 Å². The van der Waals surface area contributed by atoms with Crippen molar-refractivity contribution in [2.24, 2.45) is 7.05 Å². The van der Waals surface area contributed by atoms with Crippen LogP contribution in [0.4, 0.5) is 0 Å². The Morgan fingerprint density at radius 2 is 1.91 bits per heavy atom. The number of thioether (sulfide) groups is 1. The molecule has 22 heavy (non-hydrogen) atoms. The molecule has 3 heteroatoms. The van der Waals surface area contributed by atoms with E-state index in [9.17, 15) is 0 Å². The Labute approximate surface area is 133 Å². The Kier molecular flexibility index (Phi) is 2.50. The summed E-state index contributed by atoms with van der Waals surface area (Å²) < 4.78 is 8.26. The van der Waals surface area contributed by atoms with Crippen molar-refractivity contribution >= 4 is 22.7 Å². The number of rotatable bonds is 0. The van der Waals surface area contributed by atoms with Gasteiger partial charge in [0.25, 0.3) is 0 Å². The van der Waals surface area contributed by atoms with Crippen molar-refractivity contribution in [3.05, 3.63) is 70.6 Å². The van der Waals surface area contributed by atoms with Crippen LogP contribution < -0.4 is 4.74 Å². The van der Waals surface area contributed by atoms with Gasteiger partial charge < -0.3 is 9.30 Å².